The van der Waals surface area contributed by atoms with Gasteiger partial charge in [-0.2, -0.15) is 0 Å². The minimum Gasteiger partial charge on any atom is -0.456 e. The molecule has 0 saturated heterocycles. The van der Waals surface area contributed by atoms with Crippen molar-refractivity contribution in [2.75, 3.05) is 9.80 Å². The molecule has 4 nitrogen and oxygen atoms in total. The van der Waals surface area contributed by atoms with Crippen LogP contribution in [0.2, 0.25) is 0 Å². The van der Waals surface area contributed by atoms with Crippen molar-refractivity contribution in [3.05, 3.63) is 194 Å². The van der Waals surface area contributed by atoms with E-state index in [-0.39, 0.29) is 0 Å². The largest absolute Gasteiger partial charge is 0.456 e. The van der Waals surface area contributed by atoms with Crippen LogP contribution in [0.5, 0.6) is 0 Å². The Morgan fingerprint density at radius 1 is 0.278 bits per heavy atom. The molecule has 11 aromatic rings. The molecule has 2 heterocycles. The van der Waals surface area contributed by atoms with E-state index in [1.165, 1.54) is 16.2 Å². The average molecular weight is 693 g/mol. The van der Waals surface area contributed by atoms with E-state index in [9.17, 15) is 0 Å². The van der Waals surface area contributed by atoms with Crippen molar-refractivity contribution in [3.63, 3.8) is 0 Å². The SMILES string of the molecule is c1ccc(N(c2ccccc2)c2cccc(N(c3ccc4oc5ccccc5c4c3)c3c4ccc5ccccc5c4cc4c3oc3ccccc34)c2)cc1. The molecule has 4 heteroatoms. The Balaban J connectivity index is 1.25. The zero-order valence-corrected chi connectivity index (χ0v) is 29.2. The van der Waals surface area contributed by atoms with Crippen molar-refractivity contribution in [1.29, 1.82) is 0 Å². The topological polar surface area (TPSA) is 32.8 Å². The molecule has 0 unspecified atom stereocenters. The molecular weight excluding hydrogens is 661 g/mol. The number of anilines is 6. The van der Waals surface area contributed by atoms with Gasteiger partial charge >= 0.3 is 0 Å². The second-order valence-corrected chi connectivity index (χ2v) is 13.7. The molecule has 0 radical (unpaired) electrons. The van der Waals surface area contributed by atoms with E-state index in [1.54, 1.807) is 0 Å². The van der Waals surface area contributed by atoms with Crippen molar-refractivity contribution in [2.45, 2.75) is 0 Å². The van der Waals surface area contributed by atoms with Crippen LogP contribution in [0, 0.1) is 0 Å². The van der Waals surface area contributed by atoms with Gasteiger partial charge in [0, 0.05) is 55.4 Å². The summed E-state index contributed by atoms with van der Waals surface area (Å²) < 4.78 is 13.2. The Kier molecular flexibility index (Phi) is 6.82. The summed E-state index contributed by atoms with van der Waals surface area (Å²) in [7, 11) is 0. The zero-order valence-electron chi connectivity index (χ0n) is 29.2. The third-order valence-corrected chi connectivity index (χ3v) is 10.6. The molecule has 0 N–H and O–H groups in total. The fourth-order valence-electron chi connectivity index (χ4n) is 8.16. The summed E-state index contributed by atoms with van der Waals surface area (Å²) in [6, 6.07) is 68.5. The molecule has 0 atom stereocenters. The number of hydrogen-bond donors (Lipinski definition) is 0. The number of furan rings is 2. The Hall–Kier alpha value is -7.30. The first-order valence-electron chi connectivity index (χ1n) is 18.3. The first-order valence-corrected chi connectivity index (χ1v) is 18.3. The Morgan fingerprint density at radius 3 is 1.57 bits per heavy atom. The number of rotatable bonds is 6. The summed E-state index contributed by atoms with van der Waals surface area (Å²) in [5.74, 6) is 0. The fourth-order valence-corrected chi connectivity index (χ4v) is 8.16. The maximum Gasteiger partial charge on any atom is 0.160 e. The van der Waals surface area contributed by atoms with Gasteiger partial charge in [0.15, 0.2) is 5.58 Å². The van der Waals surface area contributed by atoms with E-state index < -0.39 is 0 Å². The summed E-state index contributed by atoms with van der Waals surface area (Å²) in [5, 5.41) is 8.99. The summed E-state index contributed by atoms with van der Waals surface area (Å²) in [5.41, 5.74) is 9.60. The van der Waals surface area contributed by atoms with E-state index in [4.69, 9.17) is 8.83 Å². The molecule has 0 aliphatic rings. The first kappa shape index (κ1) is 30.3. The molecule has 0 amide bonds. The smallest absolute Gasteiger partial charge is 0.160 e. The van der Waals surface area contributed by atoms with Gasteiger partial charge in [-0.05, 0) is 95.0 Å². The van der Waals surface area contributed by atoms with Crippen LogP contribution in [0.15, 0.2) is 203 Å². The first-order chi connectivity index (χ1) is 26.8. The predicted octanol–water partition coefficient (Wildman–Crippen LogP) is 14.7. The van der Waals surface area contributed by atoms with Gasteiger partial charge in [-0.3, -0.25) is 0 Å². The van der Waals surface area contributed by atoms with Gasteiger partial charge in [0.2, 0.25) is 0 Å². The molecule has 0 fully saturated rings. The Labute approximate surface area is 311 Å². The van der Waals surface area contributed by atoms with Crippen molar-refractivity contribution in [1.82, 2.24) is 0 Å². The van der Waals surface area contributed by atoms with Crippen LogP contribution in [-0.4, -0.2) is 0 Å². The molecule has 2 aromatic heterocycles. The minimum atomic E-state index is 0.838. The molecule has 0 aliphatic heterocycles. The maximum absolute atomic E-state index is 6.92. The van der Waals surface area contributed by atoms with E-state index in [0.717, 1.165) is 83.4 Å². The summed E-state index contributed by atoms with van der Waals surface area (Å²) in [6.45, 7) is 0. The highest BCUT2D eigenvalue weighted by Gasteiger charge is 2.25. The summed E-state index contributed by atoms with van der Waals surface area (Å²) in [6.07, 6.45) is 0. The lowest BCUT2D eigenvalue weighted by Crippen LogP contribution is -2.13. The zero-order chi connectivity index (χ0) is 35.6. The Morgan fingerprint density at radius 2 is 0.833 bits per heavy atom. The molecule has 11 rings (SSSR count). The van der Waals surface area contributed by atoms with Gasteiger partial charge in [0.1, 0.15) is 16.7 Å². The lowest BCUT2D eigenvalue weighted by atomic mass is 9.97. The van der Waals surface area contributed by atoms with Gasteiger partial charge in [-0.15, -0.1) is 0 Å². The lowest BCUT2D eigenvalue weighted by molar-refractivity contribution is 0.669. The third kappa shape index (κ3) is 4.78. The van der Waals surface area contributed by atoms with Gasteiger partial charge < -0.3 is 18.6 Å². The van der Waals surface area contributed by atoms with E-state index in [1.807, 2.05) is 18.2 Å². The second-order valence-electron chi connectivity index (χ2n) is 13.7. The van der Waals surface area contributed by atoms with Crippen LogP contribution in [0.4, 0.5) is 34.1 Å². The van der Waals surface area contributed by atoms with E-state index in [0.29, 0.717) is 0 Å². The molecule has 0 saturated carbocycles. The number of para-hydroxylation sites is 4. The quantitative estimate of drug-likeness (QED) is 0.162. The minimum absolute atomic E-state index is 0.838. The highest BCUT2D eigenvalue weighted by Crippen LogP contribution is 2.49. The Bertz CT molecular complexity index is 3140. The number of fused-ring (bicyclic) bond motifs is 9. The van der Waals surface area contributed by atoms with Crippen molar-refractivity contribution in [3.8, 4) is 0 Å². The monoisotopic (exact) mass is 692 g/mol. The average Bonchev–Trinajstić information content (AvgIpc) is 3.80. The highest BCUT2D eigenvalue weighted by molar-refractivity contribution is 6.24. The highest BCUT2D eigenvalue weighted by atomic mass is 16.3. The van der Waals surface area contributed by atoms with Crippen LogP contribution in [-0.2, 0) is 0 Å². The lowest BCUT2D eigenvalue weighted by Gasteiger charge is -2.30. The summed E-state index contributed by atoms with van der Waals surface area (Å²) in [4.78, 5) is 4.68. The molecule has 9 aromatic carbocycles. The van der Waals surface area contributed by atoms with Gasteiger partial charge in [-0.25, -0.2) is 0 Å². The standard InChI is InChI=1S/C50H32N2O2/c1-3-15-34(16-4-1)51(35-17-5-2-6-18-35)36-19-13-20-37(30-36)52(38-27-29-48-44(31-38)40-22-9-11-24-46(40)53-48)49-42-28-26-33-14-7-8-21-39(33)43(42)32-45-41-23-10-12-25-47(41)54-50(45)49/h1-32H. The third-order valence-electron chi connectivity index (χ3n) is 10.6. The van der Waals surface area contributed by atoms with Crippen LogP contribution in [0.1, 0.15) is 0 Å². The molecule has 0 spiro atoms. The van der Waals surface area contributed by atoms with E-state index in [2.05, 4.69) is 186 Å². The molecular formula is C50H32N2O2. The second kappa shape index (κ2) is 12.1. The maximum atomic E-state index is 6.92. The molecule has 0 aliphatic carbocycles. The number of hydrogen-bond acceptors (Lipinski definition) is 4. The predicted molar refractivity (Wildman–Crippen MR) is 225 cm³/mol. The van der Waals surface area contributed by atoms with Gasteiger partial charge in [-0.1, -0.05) is 115 Å². The van der Waals surface area contributed by atoms with Gasteiger partial charge in [0.25, 0.3) is 0 Å². The van der Waals surface area contributed by atoms with E-state index >= 15 is 0 Å². The summed E-state index contributed by atoms with van der Waals surface area (Å²) >= 11 is 0. The van der Waals surface area contributed by atoms with Crippen molar-refractivity contribution < 1.29 is 8.83 Å². The normalized spacial score (nSPS) is 11.7. The molecule has 54 heavy (non-hydrogen) atoms. The van der Waals surface area contributed by atoms with Crippen LogP contribution >= 0.6 is 0 Å². The van der Waals surface area contributed by atoms with Crippen LogP contribution in [0.3, 0.4) is 0 Å². The van der Waals surface area contributed by atoms with Crippen LogP contribution in [0.25, 0.3) is 65.4 Å². The van der Waals surface area contributed by atoms with Crippen molar-refractivity contribution in [2.24, 2.45) is 0 Å². The van der Waals surface area contributed by atoms with Crippen molar-refractivity contribution >= 4 is 99.5 Å². The molecule has 254 valence electrons. The number of nitrogens with zero attached hydrogens (tertiary/aromatic N) is 2. The molecule has 0 bridgehead atoms. The fraction of sp³-hybridized carbons (Fsp3) is 0. The van der Waals surface area contributed by atoms with Gasteiger partial charge in [0.05, 0.1) is 5.69 Å². The number of benzene rings is 9. The van der Waals surface area contributed by atoms with Crippen LogP contribution < -0.4 is 9.80 Å².